The molecule has 4 aromatic rings. The first-order chi connectivity index (χ1) is 60.8. The van der Waals surface area contributed by atoms with Gasteiger partial charge in [0.25, 0.3) is 0 Å². The summed E-state index contributed by atoms with van der Waals surface area (Å²) in [5.74, 6) is -0.376. The minimum absolute atomic E-state index is 0.0138. The minimum Gasteiger partial charge on any atom is -0.478 e. The van der Waals surface area contributed by atoms with Gasteiger partial charge in [-0.15, -0.1) is 0 Å². The largest absolute Gasteiger partial charge is 0.478 e. The van der Waals surface area contributed by atoms with Crippen molar-refractivity contribution >= 4 is 121 Å². The highest BCUT2D eigenvalue weighted by Crippen LogP contribution is 2.26. The monoisotopic (exact) mass is 1890 g/mol. The molecule has 12 rings (SSSR count). The molecule has 0 atom stereocenters. The fourth-order valence-corrected chi connectivity index (χ4v) is 15.0. The second-order valence-corrected chi connectivity index (χ2v) is 33.5. The van der Waals surface area contributed by atoms with Gasteiger partial charge in [0.1, 0.15) is 28.9 Å². The first-order valence-corrected chi connectivity index (χ1v) is 45.2. The van der Waals surface area contributed by atoms with Crippen LogP contribution >= 0.6 is 31.9 Å². The summed E-state index contributed by atoms with van der Waals surface area (Å²) in [6, 6.07) is 7.82. The molecule has 39 heteroatoms. The zero-order valence-electron chi connectivity index (χ0n) is 74.2. The van der Waals surface area contributed by atoms with Crippen LogP contribution in [0.5, 0.6) is 0 Å². The second kappa shape index (κ2) is 59.7. The van der Waals surface area contributed by atoms with Gasteiger partial charge >= 0.3 is 29.8 Å². The molecule has 8 aliphatic rings. The van der Waals surface area contributed by atoms with Crippen LogP contribution in [0.15, 0.2) is 70.2 Å². The number of esters is 4. The average molecular weight is 1890 g/mol. The van der Waals surface area contributed by atoms with Crippen LogP contribution in [0, 0.1) is 0 Å². The Balaban J connectivity index is 0.000000214. The van der Waals surface area contributed by atoms with Crippen molar-refractivity contribution in [2.24, 2.45) is 0 Å². The van der Waals surface area contributed by atoms with Gasteiger partial charge in [-0.05, 0) is 192 Å². The Morgan fingerprint density at radius 3 is 1.27 bits per heavy atom. The van der Waals surface area contributed by atoms with Crippen LogP contribution < -0.4 is 27.0 Å². The number of pyridine rings is 4. The number of nitrogens with zero attached hydrogens (tertiary/aromatic N) is 13. The van der Waals surface area contributed by atoms with E-state index in [-0.39, 0.29) is 49.1 Å². The number of halogens is 2. The van der Waals surface area contributed by atoms with E-state index in [0.717, 1.165) is 278 Å². The number of ether oxygens (including phenoxy) is 9. The summed E-state index contributed by atoms with van der Waals surface area (Å²) < 4.78 is 47.9. The normalized spacial score (nSPS) is 17.6. The minimum atomic E-state index is -1.00. The lowest BCUT2D eigenvalue weighted by atomic mass is 10.1. The van der Waals surface area contributed by atoms with E-state index in [1.165, 1.54) is 12.2 Å². The zero-order chi connectivity index (χ0) is 90.7. The number of rotatable bonds is 34. The lowest BCUT2D eigenvalue weighted by molar-refractivity contribution is -0.148. The number of amides is 3. The number of fused-ring (bicyclic) bond motifs is 3. The number of carboxylic acid groups (broad SMARTS) is 1. The van der Waals surface area contributed by atoms with Crippen LogP contribution in [0.2, 0.25) is 0 Å². The maximum absolute atomic E-state index is 12.3. The molecule has 8 aliphatic heterocycles. The number of nitrogens with two attached hydrogens (primary N) is 1. The van der Waals surface area contributed by atoms with Crippen molar-refractivity contribution in [3.8, 4) is 0 Å². The van der Waals surface area contributed by atoms with Crippen LogP contribution in [0.3, 0.4) is 0 Å². The number of nitrogen functional groups attached to an aromatic ring is 1. The molecule has 3 amide bonds. The quantitative estimate of drug-likeness (QED) is 0.00893. The number of aliphatic carboxylic acids is 1. The Morgan fingerprint density at radius 1 is 0.492 bits per heavy atom. The van der Waals surface area contributed by atoms with Gasteiger partial charge < -0.3 is 74.7 Å². The van der Waals surface area contributed by atoms with Gasteiger partial charge in [-0.1, -0.05) is 0 Å². The van der Waals surface area contributed by atoms with Crippen LogP contribution in [-0.4, -0.2) is 378 Å². The molecule has 0 aliphatic carbocycles. The number of carbonyl (C=O) groups is 9. The summed E-state index contributed by atoms with van der Waals surface area (Å²) in [5.41, 5.74) is 10.8. The molecule has 5 fully saturated rings. The molecule has 0 radical (unpaired) electrons. The van der Waals surface area contributed by atoms with E-state index in [4.69, 9.17) is 48.7 Å². The standard InChI is InChI=1S/C22H32N4O4.C18H24N4O4.C17H27BrN4O3.C15H21BrN4O2.C11H22N2O3.C4H6O3/c1-22(2,3)30-20(28)6-5-17-13-18-15-26(16-19(27)24-21(18)23-14-17)8-4-7-25-9-11-29-12-10-25;23-16-13-22(5-1-4-21-6-8-26-9-7-21)12-15-10-14(2-3-17(24)25)11-19-18(15)20-16;1-2-25-16(23)13-22(5-3-4-21-6-8-24-9-7-21)12-14-10-15(18)11-20-17(14)19;16-13-8-12-10-20(11-14(21)18-15(12)17-9-13)3-1-2-19-4-6-22-7-5-19;1-2-16-11(14)10-12-4-3-5-13-6-8-15-9-7-13;1-2-7-4(6)3-5/h5-6,13-14H,4,7-12,15-16H2,1-3H3,(H,23,24,27);2-3,10-11H,1,4-9,12-13H2,(H,24,25)(H,19,20,23);10-11H,2-9,12-13H2,1H3,(H2,19,20);8-9H,1-7,10-11H2,(H,17,18,21);12H,2-10H2,1H3;3H,2H2,1H3/b6-5+;3-2+;;;;. The summed E-state index contributed by atoms with van der Waals surface area (Å²) >= 11 is 6.86. The Bertz CT molecular complexity index is 4050. The predicted octanol–water partition coefficient (Wildman–Crippen LogP) is 5.01. The van der Waals surface area contributed by atoms with Crippen molar-refractivity contribution in [1.82, 2.24) is 69.4 Å². The Kier molecular flexibility index (Phi) is 49.6. The van der Waals surface area contributed by atoms with Gasteiger partial charge in [0.2, 0.25) is 24.0 Å². The highest BCUT2D eigenvalue weighted by atomic mass is 79.9. The molecule has 0 saturated carbocycles. The van der Waals surface area contributed by atoms with E-state index < -0.39 is 23.5 Å². The fraction of sp³-hybridized carbons (Fsp3) is 0.621. The molecule has 0 aromatic carbocycles. The fourth-order valence-electron chi connectivity index (χ4n) is 14.2. The number of nitrogens with one attached hydrogen (secondary N) is 4. The predicted molar refractivity (Wildman–Crippen MR) is 484 cm³/mol. The highest BCUT2D eigenvalue weighted by molar-refractivity contribution is 9.10. The summed E-state index contributed by atoms with van der Waals surface area (Å²) in [7, 11) is 0. The van der Waals surface area contributed by atoms with Crippen LogP contribution in [0.25, 0.3) is 12.2 Å². The maximum Gasteiger partial charge on any atom is 0.371 e. The van der Waals surface area contributed by atoms with Crippen LogP contribution in [0.4, 0.5) is 23.3 Å². The first kappa shape index (κ1) is 105. The molecule has 12 heterocycles. The number of carbonyl (C=O) groups excluding carboxylic acids is 8. The van der Waals surface area contributed by atoms with Gasteiger partial charge in [-0.3, -0.25) is 72.9 Å². The number of morpholine rings is 5. The third kappa shape index (κ3) is 44.1. The molecule has 0 bridgehead atoms. The summed E-state index contributed by atoms with van der Waals surface area (Å²) in [6.45, 7) is 43.5. The number of hydrogen-bond donors (Lipinski definition) is 6. The Morgan fingerprint density at radius 2 is 0.865 bits per heavy atom. The van der Waals surface area contributed by atoms with E-state index in [1.54, 1.807) is 37.8 Å². The van der Waals surface area contributed by atoms with Gasteiger partial charge in [-0.25, -0.2) is 34.3 Å². The van der Waals surface area contributed by atoms with Gasteiger partial charge in [0.05, 0.1) is 119 Å². The van der Waals surface area contributed by atoms with Crippen molar-refractivity contribution in [2.75, 3.05) is 271 Å². The third-order valence-electron chi connectivity index (χ3n) is 20.3. The number of carboxylic acids is 1. The number of hydrogen-bond acceptors (Lipinski definition) is 33. The van der Waals surface area contributed by atoms with E-state index >= 15 is 0 Å². The van der Waals surface area contributed by atoms with E-state index in [1.807, 2.05) is 58.9 Å². The lowest BCUT2D eigenvalue weighted by Gasteiger charge is -2.28. The molecule has 698 valence electrons. The smallest absolute Gasteiger partial charge is 0.371 e. The maximum atomic E-state index is 12.3. The van der Waals surface area contributed by atoms with E-state index in [0.29, 0.717) is 87.9 Å². The van der Waals surface area contributed by atoms with Crippen molar-refractivity contribution in [3.63, 3.8) is 0 Å². The van der Waals surface area contributed by atoms with Crippen molar-refractivity contribution < 1.29 is 90.9 Å². The average Bonchev–Trinajstić information content (AvgIpc) is 1.67. The first-order valence-electron chi connectivity index (χ1n) is 43.6. The van der Waals surface area contributed by atoms with Crippen molar-refractivity contribution in [3.05, 3.63) is 104 Å². The SMILES string of the molecule is CC(C)(C)OC(=O)/C=C/c1cnc2c(c1)CN(CCCN1CCOCC1)CC(=O)N2.CCOC(=O)C=O.CCOC(=O)CN(CCCN1CCOCC1)Cc1cc(Br)cnc1N.CCOC(=O)CNCCCN1CCOCC1.O=C(O)/C=C/c1cnc2c(c1)CN(CCCN1CCOCC1)CC(=O)N2.O=C1CN(CCCN2CCOCC2)Cc2cc(Br)cnc2N1. The number of aldehydes is 1. The second-order valence-electron chi connectivity index (χ2n) is 31.6. The van der Waals surface area contributed by atoms with Gasteiger partial charge in [-0.2, -0.15) is 0 Å². The summed E-state index contributed by atoms with van der Waals surface area (Å²) in [4.78, 5) is 139. The van der Waals surface area contributed by atoms with Crippen LogP contribution in [-0.2, 0) is 112 Å². The molecule has 0 unspecified atom stereocenters. The molecular formula is C87H132Br2N18O19. The topological polar surface area (TPSA) is 412 Å². The van der Waals surface area contributed by atoms with Crippen LogP contribution in [0.1, 0.15) is 107 Å². The Labute approximate surface area is 757 Å². The Hall–Kier alpha value is -8.33. The lowest BCUT2D eigenvalue weighted by Crippen LogP contribution is -2.39. The molecule has 0 spiro atoms. The van der Waals surface area contributed by atoms with Gasteiger partial charge in [0.15, 0.2) is 0 Å². The molecule has 7 N–H and O–H groups in total. The van der Waals surface area contributed by atoms with E-state index in [9.17, 15) is 43.2 Å². The molecule has 4 aromatic heterocycles. The van der Waals surface area contributed by atoms with E-state index in [2.05, 4.69) is 122 Å². The van der Waals surface area contributed by atoms with Crippen molar-refractivity contribution in [1.29, 1.82) is 0 Å². The molecule has 37 nitrogen and oxygen atoms in total. The van der Waals surface area contributed by atoms with Gasteiger partial charge in [0, 0.05) is 186 Å². The third-order valence-corrected chi connectivity index (χ3v) is 21.2. The molecule has 5 saturated heterocycles. The summed E-state index contributed by atoms with van der Waals surface area (Å²) in [5, 5.41) is 20.4. The number of aromatic nitrogens is 4. The molecule has 126 heavy (non-hydrogen) atoms. The highest BCUT2D eigenvalue weighted by Gasteiger charge is 2.26. The zero-order valence-corrected chi connectivity index (χ0v) is 77.4. The number of anilines is 4. The summed E-state index contributed by atoms with van der Waals surface area (Å²) in [6.07, 6.45) is 17.5. The molecular weight excluding hydrogens is 1760 g/mol. The van der Waals surface area contributed by atoms with Crippen molar-refractivity contribution in [2.45, 2.75) is 105 Å².